The molecule has 2 heteroatoms. The van der Waals surface area contributed by atoms with Gasteiger partial charge in [-0.25, -0.2) is 0 Å². The first-order valence-electron chi connectivity index (χ1n) is 3.28. The maximum atomic E-state index is 10.1. The second-order valence-electron chi connectivity index (χ2n) is 2.33. The van der Waals surface area contributed by atoms with Crippen molar-refractivity contribution in [2.45, 2.75) is 26.7 Å². The van der Waals surface area contributed by atoms with Gasteiger partial charge >= 0.3 is 5.97 Å². The van der Waals surface area contributed by atoms with Crippen LogP contribution < -0.4 is 0 Å². The third-order valence-corrected chi connectivity index (χ3v) is 1.15. The van der Waals surface area contributed by atoms with Crippen molar-refractivity contribution < 1.29 is 9.90 Å². The number of hydrogen-bond acceptors (Lipinski definition) is 1. The van der Waals surface area contributed by atoms with Gasteiger partial charge in [0.1, 0.15) is 0 Å². The lowest BCUT2D eigenvalue weighted by atomic mass is 10.1. The van der Waals surface area contributed by atoms with Gasteiger partial charge in [0, 0.05) is 12.8 Å². The topological polar surface area (TPSA) is 37.3 Å². The molecule has 56 valence electrons. The Hall–Kier alpha value is -0.970. The second-order valence-corrected chi connectivity index (χ2v) is 2.33. The Morgan fingerprint density at radius 2 is 2.30 bits per heavy atom. The molecule has 0 saturated heterocycles. The molecule has 0 aromatic rings. The third kappa shape index (κ3) is 5.17. The monoisotopic (exact) mass is 140 g/mol. The van der Waals surface area contributed by atoms with Crippen LogP contribution in [-0.2, 0) is 4.79 Å². The Labute approximate surface area is 61.2 Å². The van der Waals surface area contributed by atoms with Crippen LogP contribution in [0, 0.1) is 17.8 Å². The highest BCUT2D eigenvalue weighted by molar-refractivity contribution is 5.66. The zero-order valence-corrected chi connectivity index (χ0v) is 6.35. The standard InChI is InChI=1S/C8H12O2/c1-3-4-5-7(2)6-8(9)10/h7H,5-6H2,1-2H3,(H,9,10). The summed E-state index contributed by atoms with van der Waals surface area (Å²) in [5, 5.41) is 8.34. The van der Waals surface area contributed by atoms with E-state index >= 15 is 0 Å². The van der Waals surface area contributed by atoms with Crippen LogP contribution in [0.3, 0.4) is 0 Å². The molecule has 0 aliphatic rings. The van der Waals surface area contributed by atoms with Crippen molar-refractivity contribution in [3.8, 4) is 11.8 Å². The average Bonchev–Trinajstić information content (AvgIpc) is 1.82. The van der Waals surface area contributed by atoms with E-state index in [9.17, 15) is 4.79 Å². The quantitative estimate of drug-likeness (QED) is 0.603. The first kappa shape index (κ1) is 9.03. The summed E-state index contributed by atoms with van der Waals surface area (Å²) < 4.78 is 0. The highest BCUT2D eigenvalue weighted by Gasteiger charge is 2.04. The highest BCUT2D eigenvalue weighted by atomic mass is 16.4. The Morgan fingerprint density at radius 3 is 2.70 bits per heavy atom. The zero-order chi connectivity index (χ0) is 7.98. The van der Waals surface area contributed by atoms with Gasteiger partial charge in [-0.1, -0.05) is 6.92 Å². The summed E-state index contributed by atoms with van der Waals surface area (Å²) in [6.07, 6.45) is 0.900. The van der Waals surface area contributed by atoms with Gasteiger partial charge < -0.3 is 5.11 Å². The molecule has 0 aliphatic carbocycles. The van der Waals surface area contributed by atoms with Crippen molar-refractivity contribution in [1.29, 1.82) is 0 Å². The van der Waals surface area contributed by atoms with Crippen LogP contribution in [0.2, 0.25) is 0 Å². The molecule has 0 radical (unpaired) electrons. The van der Waals surface area contributed by atoms with Crippen molar-refractivity contribution >= 4 is 5.97 Å². The Morgan fingerprint density at radius 1 is 1.70 bits per heavy atom. The molecule has 0 aromatic heterocycles. The fourth-order valence-corrected chi connectivity index (χ4v) is 0.647. The van der Waals surface area contributed by atoms with Crippen molar-refractivity contribution in [2.75, 3.05) is 0 Å². The number of hydrogen-bond donors (Lipinski definition) is 1. The summed E-state index contributed by atoms with van der Waals surface area (Å²) in [6.45, 7) is 3.64. The van der Waals surface area contributed by atoms with Crippen molar-refractivity contribution in [2.24, 2.45) is 5.92 Å². The van der Waals surface area contributed by atoms with Crippen LogP contribution in [0.5, 0.6) is 0 Å². The third-order valence-electron chi connectivity index (χ3n) is 1.15. The number of carbonyl (C=O) groups is 1. The van der Waals surface area contributed by atoms with Crippen molar-refractivity contribution in [3.05, 3.63) is 0 Å². The van der Waals surface area contributed by atoms with Gasteiger partial charge in [0.15, 0.2) is 0 Å². The molecule has 0 heterocycles. The SMILES string of the molecule is CC#CCC(C)CC(=O)O. The fourth-order valence-electron chi connectivity index (χ4n) is 0.647. The lowest BCUT2D eigenvalue weighted by Crippen LogP contribution is -2.02. The maximum absolute atomic E-state index is 10.1. The Bertz CT molecular complexity index is 162. The van der Waals surface area contributed by atoms with Crippen LogP contribution in [0.4, 0.5) is 0 Å². The number of aliphatic carboxylic acids is 1. The summed E-state index contributed by atoms with van der Waals surface area (Å²) in [7, 11) is 0. The lowest BCUT2D eigenvalue weighted by molar-refractivity contribution is -0.137. The summed E-state index contributed by atoms with van der Waals surface area (Å²) in [5.41, 5.74) is 0. The number of rotatable bonds is 3. The molecule has 0 aromatic carbocycles. The van der Waals surface area contributed by atoms with E-state index in [1.807, 2.05) is 6.92 Å². The molecule has 1 unspecified atom stereocenters. The van der Waals surface area contributed by atoms with E-state index in [0.717, 1.165) is 0 Å². The Balaban J connectivity index is 3.50. The van der Waals surface area contributed by atoms with E-state index < -0.39 is 5.97 Å². The second kappa shape index (κ2) is 4.87. The van der Waals surface area contributed by atoms with Gasteiger partial charge in [-0.3, -0.25) is 4.79 Å². The van der Waals surface area contributed by atoms with Crippen molar-refractivity contribution in [1.82, 2.24) is 0 Å². The molecule has 0 amide bonds. The summed E-state index contributed by atoms with van der Waals surface area (Å²) in [4.78, 5) is 10.1. The van der Waals surface area contributed by atoms with Crippen LogP contribution in [0.25, 0.3) is 0 Å². The first-order valence-corrected chi connectivity index (χ1v) is 3.28. The van der Waals surface area contributed by atoms with E-state index in [1.54, 1.807) is 6.92 Å². The van der Waals surface area contributed by atoms with E-state index in [1.165, 1.54) is 0 Å². The summed E-state index contributed by atoms with van der Waals surface area (Å²) in [6, 6.07) is 0. The lowest BCUT2D eigenvalue weighted by Gasteiger charge is -2.00. The predicted molar refractivity (Wildman–Crippen MR) is 39.5 cm³/mol. The molecule has 0 bridgehead atoms. The maximum Gasteiger partial charge on any atom is 0.303 e. The number of carboxylic acid groups (broad SMARTS) is 1. The van der Waals surface area contributed by atoms with E-state index in [2.05, 4.69) is 11.8 Å². The molecule has 2 nitrogen and oxygen atoms in total. The number of carboxylic acids is 1. The van der Waals surface area contributed by atoms with E-state index in [-0.39, 0.29) is 12.3 Å². The van der Waals surface area contributed by atoms with Gasteiger partial charge in [-0.05, 0) is 12.8 Å². The molecule has 0 saturated carbocycles. The van der Waals surface area contributed by atoms with Crippen LogP contribution in [0.1, 0.15) is 26.7 Å². The first-order chi connectivity index (χ1) is 4.66. The molecule has 0 spiro atoms. The zero-order valence-electron chi connectivity index (χ0n) is 6.35. The minimum absolute atomic E-state index is 0.171. The van der Waals surface area contributed by atoms with Crippen LogP contribution in [-0.4, -0.2) is 11.1 Å². The normalized spacial score (nSPS) is 11.4. The van der Waals surface area contributed by atoms with Crippen LogP contribution in [0.15, 0.2) is 0 Å². The largest absolute Gasteiger partial charge is 0.481 e. The van der Waals surface area contributed by atoms with Gasteiger partial charge in [-0.15, -0.1) is 11.8 Å². The summed E-state index contributed by atoms with van der Waals surface area (Å²) >= 11 is 0. The molecule has 1 atom stereocenters. The van der Waals surface area contributed by atoms with E-state index in [0.29, 0.717) is 6.42 Å². The van der Waals surface area contributed by atoms with Gasteiger partial charge in [0.2, 0.25) is 0 Å². The predicted octanol–water partition coefficient (Wildman–Crippen LogP) is 1.51. The van der Waals surface area contributed by atoms with Crippen LogP contribution >= 0.6 is 0 Å². The van der Waals surface area contributed by atoms with Gasteiger partial charge in [0.25, 0.3) is 0 Å². The highest BCUT2D eigenvalue weighted by Crippen LogP contribution is 2.05. The Kier molecular flexibility index (Phi) is 4.39. The minimum atomic E-state index is -0.745. The fraction of sp³-hybridized carbons (Fsp3) is 0.625. The molecule has 0 fully saturated rings. The minimum Gasteiger partial charge on any atom is -0.481 e. The molecular formula is C8H12O2. The van der Waals surface area contributed by atoms with Crippen molar-refractivity contribution in [3.63, 3.8) is 0 Å². The molecule has 10 heavy (non-hydrogen) atoms. The smallest absolute Gasteiger partial charge is 0.303 e. The van der Waals surface area contributed by atoms with Gasteiger partial charge in [-0.2, -0.15) is 0 Å². The summed E-state index contributed by atoms with van der Waals surface area (Å²) in [5.74, 6) is 5.00. The van der Waals surface area contributed by atoms with E-state index in [4.69, 9.17) is 5.11 Å². The molecule has 0 aliphatic heterocycles. The molecule has 1 N–H and O–H groups in total. The average molecular weight is 140 g/mol. The molecule has 0 rings (SSSR count). The molecular weight excluding hydrogens is 128 g/mol. The van der Waals surface area contributed by atoms with Gasteiger partial charge in [0.05, 0.1) is 0 Å².